The SMILES string of the molecule is COc1cccc(N2CC3(CC3)c3cnc(NC(C)=O)cc32)n1. The van der Waals surface area contributed by atoms with Crippen LogP contribution in [-0.4, -0.2) is 29.5 Å². The predicted molar refractivity (Wildman–Crippen MR) is 87.2 cm³/mol. The van der Waals surface area contributed by atoms with Crippen LogP contribution in [0.5, 0.6) is 5.88 Å². The summed E-state index contributed by atoms with van der Waals surface area (Å²) in [6.45, 7) is 2.38. The van der Waals surface area contributed by atoms with E-state index in [1.54, 1.807) is 7.11 Å². The number of methoxy groups -OCH3 is 1. The lowest BCUT2D eigenvalue weighted by atomic mass is 10.0. The van der Waals surface area contributed by atoms with Gasteiger partial charge in [0.15, 0.2) is 0 Å². The number of aromatic nitrogens is 2. The summed E-state index contributed by atoms with van der Waals surface area (Å²) < 4.78 is 5.24. The minimum atomic E-state index is -0.123. The van der Waals surface area contributed by atoms with Crippen LogP contribution < -0.4 is 15.0 Å². The summed E-state index contributed by atoms with van der Waals surface area (Å²) >= 11 is 0. The van der Waals surface area contributed by atoms with Gasteiger partial charge in [0.05, 0.1) is 12.8 Å². The molecule has 0 bridgehead atoms. The smallest absolute Gasteiger partial charge is 0.222 e. The molecule has 4 rings (SSSR count). The van der Waals surface area contributed by atoms with Gasteiger partial charge in [-0.3, -0.25) is 4.79 Å². The van der Waals surface area contributed by atoms with Gasteiger partial charge < -0.3 is 15.0 Å². The Morgan fingerprint density at radius 3 is 2.91 bits per heavy atom. The van der Waals surface area contributed by atoms with Gasteiger partial charge in [-0.2, -0.15) is 4.98 Å². The van der Waals surface area contributed by atoms with Gasteiger partial charge in [-0.1, -0.05) is 6.07 Å². The first kappa shape index (κ1) is 14.0. The molecule has 0 radical (unpaired) electrons. The van der Waals surface area contributed by atoms with Crippen molar-refractivity contribution in [1.82, 2.24) is 9.97 Å². The molecule has 6 heteroatoms. The van der Waals surface area contributed by atoms with E-state index in [1.165, 1.54) is 25.3 Å². The average molecular weight is 310 g/mol. The number of carbonyl (C=O) groups is 1. The average Bonchev–Trinajstić information content (AvgIpc) is 3.25. The summed E-state index contributed by atoms with van der Waals surface area (Å²) in [4.78, 5) is 22.4. The predicted octanol–water partition coefficient (Wildman–Crippen LogP) is 2.63. The summed E-state index contributed by atoms with van der Waals surface area (Å²) in [6.07, 6.45) is 4.23. The van der Waals surface area contributed by atoms with Gasteiger partial charge in [-0.15, -0.1) is 0 Å². The molecule has 1 fully saturated rings. The van der Waals surface area contributed by atoms with Gasteiger partial charge in [0.25, 0.3) is 0 Å². The zero-order valence-electron chi connectivity index (χ0n) is 13.2. The summed E-state index contributed by atoms with van der Waals surface area (Å²) in [6, 6.07) is 7.69. The van der Waals surface area contributed by atoms with Crippen molar-refractivity contribution in [3.63, 3.8) is 0 Å². The molecule has 2 aliphatic rings. The second-order valence-corrected chi connectivity index (χ2v) is 6.17. The van der Waals surface area contributed by atoms with Gasteiger partial charge in [-0.25, -0.2) is 4.98 Å². The molecule has 1 N–H and O–H groups in total. The molecular weight excluding hydrogens is 292 g/mol. The van der Waals surface area contributed by atoms with Crippen molar-refractivity contribution in [3.8, 4) is 5.88 Å². The van der Waals surface area contributed by atoms with E-state index in [0.29, 0.717) is 11.7 Å². The molecule has 0 unspecified atom stereocenters. The Bertz CT molecular complexity index is 786. The number of pyridine rings is 2. The molecule has 6 nitrogen and oxygen atoms in total. The Balaban J connectivity index is 1.77. The van der Waals surface area contributed by atoms with E-state index in [4.69, 9.17) is 4.74 Å². The highest BCUT2D eigenvalue weighted by molar-refractivity contribution is 5.89. The van der Waals surface area contributed by atoms with Gasteiger partial charge >= 0.3 is 0 Å². The topological polar surface area (TPSA) is 67.3 Å². The maximum Gasteiger partial charge on any atom is 0.222 e. The van der Waals surface area contributed by atoms with Crippen molar-refractivity contribution < 1.29 is 9.53 Å². The van der Waals surface area contributed by atoms with E-state index in [9.17, 15) is 4.79 Å². The highest BCUT2D eigenvalue weighted by atomic mass is 16.5. The van der Waals surface area contributed by atoms with Crippen molar-refractivity contribution in [3.05, 3.63) is 36.0 Å². The van der Waals surface area contributed by atoms with Crippen LogP contribution in [0.2, 0.25) is 0 Å². The summed E-state index contributed by atoms with van der Waals surface area (Å²) in [5.74, 6) is 1.90. The van der Waals surface area contributed by atoms with Crippen LogP contribution in [0.4, 0.5) is 17.3 Å². The van der Waals surface area contributed by atoms with Crippen LogP contribution in [0.1, 0.15) is 25.3 Å². The number of rotatable bonds is 3. The Morgan fingerprint density at radius 1 is 1.39 bits per heavy atom. The van der Waals surface area contributed by atoms with Crippen LogP contribution in [0, 0.1) is 0 Å². The van der Waals surface area contributed by atoms with Crippen molar-refractivity contribution in [1.29, 1.82) is 0 Å². The van der Waals surface area contributed by atoms with E-state index < -0.39 is 0 Å². The quantitative estimate of drug-likeness (QED) is 0.944. The molecule has 2 aromatic heterocycles. The largest absolute Gasteiger partial charge is 0.481 e. The van der Waals surface area contributed by atoms with Gasteiger partial charge in [0, 0.05) is 42.8 Å². The third-order valence-electron chi connectivity index (χ3n) is 4.56. The standard InChI is InChI=1S/C17H18N4O2/c1-11(22)19-14-8-13-12(9-18-14)17(6-7-17)10-21(13)15-4-3-5-16(20-15)23-2/h3-5,8-9H,6-7,10H2,1-2H3,(H,18,19,22). The molecular formula is C17H18N4O2. The number of fused-ring (bicyclic) bond motifs is 2. The molecule has 118 valence electrons. The third kappa shape index (κ3) is 2.30. The fraction of sp³-hybridized carbons (Fsp3) is 0.353. The van der Waals surface area contributed by atoms with E-state index >= 15 is 0 Å². The number of carbonyl (C=O) groups excluding carboxylic acids is 1. The number of hydrogen-bond donors (Lipinski definition) is 1. The third-order valence-corrected chi connectivity index (χ3v) is 4.56. The number of anilines is 3. The summed E-state index contributed by atoms with van der Waals surface area (Å²) in [7, 11) is 1.62. The molecule has 0 aromatic carbocycles. The molecule has 0 atom stereocenters. The minimum Gasteiger partial charge on any atom is -0.481 e. The van der Waals surface area contributed by atoms with Crippen LogP contribution in [0.25, 0.3) is 0 Å². The molecule has 1 aliphatic carbocycles. The van der Waals surface area contributed by atoms with E-state index in [2.05, 4.69) is 20.2 Å². The minimum absolute atomic E-state index is 0.123. The van der Waals surface area contributed by atoms with Crippen molar-refractivity contribution in [2.45, 2.75) is 25.2 Å². The van der Waals surface area contributed by atoms with Crippen LogP contribution in [0.3, 0.4) is 0 Å². The van der Waals surface area contributed by atoms with E-state index in [-0.39, 0.29) is 11.3 Å². The molecule has 0 saturated heterocycles. The van der Waals surface area contributed by atoms with E-state index in [0.717, 1.165) is 18.1 Å². The molecule has 1 amide bonds. The van der Waals surface area contributed by atoms with Crippen molar-refractivity contribution in [2.24, 2.45) is 0 Å². The highest BCUT2D eigenvalue weighted by Gasteiger charge is 2.52. The number of nitrogens with one attached hydrogen (secondary N) is 1. The maximum absolute atomic E-state index is 11.3. The zero-order valence-corrected chi connectivity index (χ0v) is 13.2. The van der Waals surface area contributed by atoms with Gasteiger partial charge in [0.1, 0.15) is 11.6 Å². The van der Waals surface area contributed by atoms with Crippen LogP contribution >= 0.6 is 0 Å². The normalized spacial score (nSPS) is 17.0. The Labute approximate surface area is 134 Å². The Morgan fingerprint density at radius 2 is 2.22 bits per heavy atom. The number of amides is 1. The van der Waals surface area contributed by atoms with E-state index in [1.807, 2.05) is 30.5 Å². The molecule has 23 heavy (non-hydrogen) atoms. The second-order valence-electron chi connectivity index (χ2n) is 6.17. The summed E-state index contributed by atoms with van der Waals surface area (Å²) in [5, 5.41) is 2.76. The molecule has 1 saturated carbocycles. The first-order chi connectivity index (χ1) is 11.1. The first-order valence-corrected chi connectivity index (χ1v) is 7.68. The molecule has 1 spiro atoms. The van der Waals surface area contributed by atoms with Gasteiger partial charge in [-0.05, 0) is 18.9 Å². The number of nitrogens with zero attached hydrogens (tertiary/aromatic N) is 3. The second kappa shape index (κ2) is 4.94. The fourth-order valence-electron chi connectivity index (χ4n) is 3.25. The lowest BCUT2D eigenvalue weighted by molar-refractivity contribution is -0.114. The maximum atomic E-state index is 11.3. The highest BCUT2D eigenvalue weighted by Crippen LogP contribution is 2.57. The fourth-order valence-corrected chi connectivity index (χ4v) is 3.25. The van der Waals surface area contributed by atoms with Crippen molar-refractivity contribution >= 4 is 23.2 Å². The molecule has 1 aliphatic heterocycles. The Kier molecular flexibility index (Phi) is 3.01. The van der Waals surface area contributed by atoms with Crippen LogP contribution in [0.15, 0.2) is 30.5 Å². The molecule has 3 heterocycles. The zero-order chi connectivity index (χ0) is 16.0. The lowest BCUT2D eigenvalue weighted by Gasteiger charge is -2.19. The van der Waals surface area contributed by atoms with Crippen LogP contribution in [-0.2, 0) is 10.2 Å². The molecule has 2 aromatic rings. The van der Waals surface area contributed by atoms with Gasteiger partial charge in [0.2, 0.25) is 11.8 Å². The lowest BCUT2D eigenvalue weighted by Crippen LogP contribution is -2.20. The Hall–Kier alpha value is -2.63. The number of ether oxygens (including phenoxy) is 1. The monoisotopic (exact) mass is 310 g/mol. The summed E-state index contributed by atoms with van der Waals surface area (Å²) in [5.41, 5.74) is 2.51. The van der Waals surface area contributed by atoms with Crippen molar-refractivity contribution in [2.75, 3.05) is 23.9 Å². The first-order valence-electron chi connectivity index (χ1n) is 7.68. The number of hydrogen-bond acceptors (Lipinski definition) is 5.